The predicted octanol–water partition coefficient (Wildman–Crippen LogP) is 2.15. The molecule has 1 saturated heterocycles. The van der Waals surface area contributed by atoms with Crippen LogP contribution in [0.5, 0.6) is 0 Å². The van der Waals surface area contributed by atoms with Gasteiger partial charge in [-0.1, -0.05) is 26.8 Å². The molecule has 0 radical (unpaired) electrons. The molecule has 1 fully saturated rings. The second-order valence-electron chi connectivity index (χ2n) is 4.42. The van der Waals surface area contributed by atoms with Gasteiger partial charge in [0.15, 0.2) is 0 Å². The van der Waals surface area contributed by atoms with Gasteiger partial charge in [0, 0.05) is 25.0 Å². The fourth-order valence-corrected chi connectivity index (χ4v) is 1.75. The summed E-state index contributed by atoms with van der Waals surface area (Å²) in [7, 11) is 0. The highest BCUT2D eigenvalue weighted by Gasteiger charge is 2.35. The molecular formula is C10H19N. The summed E-state index contributed by atoms with van der Waals surface area (Å²) in [6, 6.07) is 0. The summed E-state index contributed by atoms with van der Waals surface area (Å²) >= 11 is 0. The highest BCUT2D eigenvalue weighted by atomic mass is 15.2. The Kier molecular flexibility index (Phi) is 2.38. The summed E-state index contributed by atoms with van der Waals surface area (Å²) < 4.78 is 0. The molecule has 1 heterocycles. The maximum absolute atomic E-state index is 3.84. The van der Waals surface area contributed by atoms with Crippen molar-refractivity contribution in [2.24, 2.45) is 11.3 Å². The van der Waals surface area contributed by atoms with Crippen LogP contribution >= 0.6 is 0 Å². The lowest BCUT2D eigenvalue weighted by Gasteiger charge is -2.47. The fraction of sp³-hybridized carbons (Fsp3) is 0.800. The quantitative estimate of drug-likeness (QED) is 0.562. The minimum Gasteiger partial charge on any atom is -0.301 e. The number of hydrogen-bond donors (Lipinski definition) is 0. The zero-order valence-corrected chi connectivity index (χ0v) is 7.93. The van der Waals surface area contributed by atoms with Gasteiger partial charge in [0.1, 0.15) is 0 Å². The molecule has 1 nitrogen and oxygen atoms in total. The first-order chi connectivity index (χ1) is 5.06. The van der Waals surface area contributed by atoms with E-state index in [1.165, 1.54) is 19.6 Å². The third-order valence-corrected chi connectivity index (χ3v) is 2.29. The highest BCUT2D eigenvalue weighted by molar-refractivity contribution is 5.02. The Balaban J connectivity index is 2.23. The van der Waals surface area contributed by atoms with E-state index in [9.17, 15) is 0 Å². The van der Waals surface area contributed by atoms with E-state index in [-0.39, 0.29) is 0 Å². The second kappa shape index (κ2) is 2.98. The maximum atomic E-state index is 3.84. The molecule has 64 valence electrons. The topological polar surface area (TPSA) is 3.24 Å². The third kappa shape index (κ3) is 2.06. The molecule has 0 spiro atoms. The van der Waals surface area contributed by atoms with Crippen LogP contribution in [0, 0.1) is 11.3 Å². The summed E-state index contributed by atoms with van der Waals surface area (Å²) in [5.41, 5.74) is 0.412. The average molecular weight is 153 g/mol. The maximum Gasteiger partial charge on any atom is 0.0106 e. The molecule has 0 aromatic heterocycles. The molecule has 1 aliphatic rings. The predicted molar refractivity (Wildman–Crippen MR) is 49.6 cm³/mol. The first-order valence-electron chi connectivity index (χ1n) is 4.42. The molecule has 1 heteroatoms. The minimum absolute atomic E-state index is 0.412. The highest BCUT2D eigenvalue weighted by Crippen LogP contribution is 2.30. The van der Waals surface area contributed by atoms with E-state index in [1.807, 2.05) is 0 Å². The van der Waals surface area contributed by atoms with Crippen LogP contribution in [-0.4, -0.2) is 24.5 Å². The molecule has 0 amide bonds. The number of hydrogen-bond acceptors (Lipinski definition) is 1. The zero-order valence-electron chi connectivity index (χ0n) is 7.93. The molecule has 11 heavy (non-hydrogen) atoms. The molecule has 0 unspecified atom stereocenters. The zero-order chi connectivity index (χ0) is 8.48. The summed E-state index contributed by atoms with van der Waals surface area (Å²) in [5, 5.41) is 0. The molecule has 1 aliphatic heterocycles. The van der Waals surface area contributed by atoms with Crippen molar-refractivity contribution in [3.63, 3.8) is 0 Å². The Morgan fingerprint density at radius 2 is 2.09 bits per heavy atom. The number of likely N-dealkylation sites (tertiary alicyclic amines) is 1. The first-order valence-corrected chi connectivity index (χ1v) is 4.42. The SMILES string of the molecule is C=CC1(C)CN(CC(C)C)C1. The van der Waals surface area contributed by atoms with E-state index in [4.69, 9.17) is 0 Å². The van der Waals surface area contributed by atoms with Crippen molar-refractivity contribution in [1.29, 1.82) is 0 Å². The average Bonchev–Trinajstić information content (AvgIpc) is 1.83. The van der Waals surface area contributed by atoms with Crippen LogP contribution < -0.4 is 0 Å². The van der Waals surface area contributed by atoms with Gasteiger partial charge >= 0.3 is 0 Å². The van der Waals surface area contributed by atoms with Crippen molar-refractivity contribution in [1.82, 2.24) is 4.90 Å². The van der Waals surface area contributed by atoms with Crippen LogP contribution in [0.25, 0.3) is 0 Å². The second-order valence-corrected chi connectivity index (χ2v) is 4.42. The van der Waals surface area contributed by atoms with Gasteiger partial charge in [-0.3, -0.25) is 0 Å². The summed E-state index contributed by atoms with van der Waals surface area (Å²) in [4.78, 5) is 2.49. The fourth-order valence-electron chi connectivity index (χ4n) is 1.75. The van der Waals surface area contributed by atoms with Crippen LogP contribution in [0.2, 0.25) is 0 Å². The summed E-state index contributed by atoms with van der Waals surface area (Å²) in [6.07, 6.45) is 2.09. The van der Waals surface area contributed by atoms with E-state index >= 15 is 0 Å². The van der Waals surface area contributed by atoms with Gasteiger partial charge in [0.25, 0.3) is 0 Å². The monoisotopic (exact) mass is 153 g/mol. The van der Waals surface area contributed by atoms with E-state index < -0.39 is 0 Å². The van der Waals surface area contributed by atoms with Crippen molar-refractivity contribution in [3.05, 3.63) is 12.7 Å². The minimum atomic E-state index is 0.412. The number of nitrogens with zero attached hydrogens (tertiary/aromatic N) is 1. The van der Waals surface area contributed by atoms with E-state index in [2.05, 4.69) is 38.3 Å². The third-order valence-electron chi connectivity index (χ3n) is 2.29. The van der Waals surface area contributed by atoms with Crippen LogP contribution in [0.4, 0.5) is 0 Å². The van der Waals surface area contributed by atoms with Gasteiger partial charge in [-0.05, 0) is 5.92 Å². The molecular weight excluding hydrogens is 134 g/mol. The largest absolute Gasteiger partial charge is 0.301 e. The standard InChI is InChI=1S/C10H19N/c1-5-10(4)7-11(8-10)6-9(2)3/h5,9H,1,6-8H2,2-4H3. The van der Waals surface area contributed by atoms with Crippen LogP contribution in [0.15, 0.2) is 12.7 Å². The van der Waals surface area contributed by atoms with Gasteiger partial charge in [-0.2, -0.15) is 0 Å². The van der Waals surface area contributed by atoms with Crippen LogP contribution in [0.3, 0.4) is 0 Å². The first kappa shape index (κ1) is 8.79. The smallest absolute Gasteiger partial charge is 0.0106 e. The van der Waals surface area contributed by atoms with E-state index in [1.54, 1.807) is 0 Å². The molecule has 0 aliphatic carbocycles. The summed E-state index contributed by atoms with van der Waals surface area (Å²) in [6.45, 7) is 14.3. The normalized spacial score (nSPS) is 23.3. The van der Waals surface area contributed by atoms with Crippen LogP contribution in [-0.2, 0) is 0 Å². The van der Waals surface area contributed by atoms with Gasteiger partial charge < -0.3 is 4.90 Å². The lowest BCUT2D eigenvalue weighted by molar-refractivity contribution is 0.0443. The Hall–Kier alpha value is -0.300. The molecule has 1 rings (SSSR count). The Morgan fingerprint density at radius 1 is 1.55 bits per heavy atom. The molecule has 0 N–H and O–H groups in total. The van der Waals surface area contributed by atoms with Gasteiger partial charge in [-0.25, -0.2) is 0 Å². The van der Waals surface area contributed by atoms with Gasteiger partial charge in [0.05, 0.1) is 0 Å². The van der Waals surface area contributed by atoms with Gasteiger partial charge in [0.2, 0.25) is 0 Å². The van der Waals surface area contributed by atoms with Crippen molar-refractivity contribution in [3.8, 4) is 0 Å². The molecule has 0 bridgehead atoms. The van der Waals surface area contributed by atoms with Crippen LogP contribution in [0.1, 0.15) is 20.8 Å². The Morgan fingerprint density at radius 3 is 2.45 bits per heavy atom. The van der Waals surface area contributed by atoms with Crippen molar-refractivity contribution < 1.29 is 0 Å². The molecule has 0 atom stereocenters. The Labute approximate surface area is 70.1 Å². The lowest BCUT2D eigenvalue weighted by Crippen LogP contribution is -2.54. The van der Waals surface area contributed by atoms with Crippen molar-refractivity contribution >= 4 is 0 Å². The van der Waals surface area contributed by atoms with Crippen molar-refractivity contribution in [2.45, 2.75) is 20.8 Å². The summed E-state index contributed by atoms with van der Waals surface area (Å²) in [5.74, 6) is 0.796. The Bertz CT molecular complexity index is 143. The number of rotatable bonds is 3. The molecule has 0 aromatic carbocycles. The van der Waals surface area contributed by atoms with E-state index in [0.717, 1.165) is 5.92 Å². The molecule has 0 saturated carbocycles. The van der Waals surface area contributed by atoms with Gasteiger partial charge in [-0.15, -0.1) is 6.58 Å². The molecule has 0 aromatic rings. The van der Waals surface area contributed by atoms with Crippen molar-refractivity contribution in [2.75, 3.05) is 19.6 Å². The van der Waals surface area contributed by atoms with E-state index in [0.29, 0.717) is 5.41 Å². The lowest BCUT2D eigenvalue weighted by atomic mass is 9.82.